The van der Waals surface area contributed by atoms with Gasteiger partial charge in [0, 0.05) is 55.6 Å². The van der Waals surface area contributed by atoms with Gasteiger partial charge in [0.25, 0.3) is 11.8 Å². The van der Waals surface area contributed by atoms with Gasteiger partial charge in [-0.25, -0.2) is 0 Å². The number of aryl methyl sites for hydroxylation is 1. The molecule has 0 radical (unpaired) electrons. The Morgan fingerprint density at radius 2 is 1.72 bits per heavy atom. The van der Waals surface area contributed by atoms with Crippen molar-refractivity contribution in [2.24, 2.45) is 0 Å². The number of nitrogens with zero attached hydrogens (tertiary/aromatic N) is 3. The van der Waals surface area contributed by atoms with E-state index in [2.05, 4.69) is 16.6 Å². The highest BCUT2D eigenvalue weighted by molar-refractivity contribution is 8.00. The second-order valence-corrected chi connectivity index (χ2v) is 8.29. The molecule has 3 rings (SSSR count). The van der Waals surface area contributed by atoms with Gasteiger partial charge < -0.3 is 14.5 Å². The van der Waals surface area contributed by atoms with E-state index in [1.54, 1.807) is 27.8 Å². The number of anilines is 1. The van der Waals surface area contributed by atoms with E-state index in [1.807, 2.05) is 25.1 Å². The number of piperazine rings is 1. The standard InChI is InChI=1S/C21H25ClN4O2S/c1-3-10-29-24-19-5-4-16(11-15(19)2)20(27)25-6-8-26(9-7-25)21(28)17-12-18(22)14-23-13-17/h4-5,11-14,24H,3,6-10H2,1-2H3. The summed E-state index contributed by atoms with van der Waals surface area (Å²) in [6.45, 7) is 6.13. The molecule has 0 unspecified atom stereocenters. The Morgan fingerprint density at radius 1 is 1.07 bits per heavy atom. The summed E-state index contributed by atoms with van der Waals surface area (Å²) in [5, 5.41) is 0.436. The first-order valence-corrected chi connectivity index (χ1v) is 11.0. The third kappa shape index (κ3) is 5.42. The Morgan fingerprint density at radius 3 is 2.31 bits per heavy atom. The molecule has 6 nitrogen and oxygen atoms in total. The van der Waals surface area contributed by atoms with E-state index in [-0.39, 0.29) is 11.8 Å². The summed E-state index contributed by atoms with van der Waals surface area (Å²) in [6.07, 6.45) is 4.12. The van der Waals surface area contributed by atoms with Crippen molar-refractivity contribution in [2.75, 3.05) is 36.7 Å². The molecule has 1 aliphatic heterocycles. The van der Waals surface area contributed by atoms with Crippen LogP contribution in [-0.2, 0) is 0 Å². The van der Waals surface area contributed by atoms with E-state index < -0.39 is 0 Å². The van der Waals surface area contributed by atoms with Crippen molar-refractivity contribution in [3.8, 4) is 0 Å². The number of halogens is 1. The lowest BCUT2D eigenvalue weighted by Gasteiger charge is -2.35. The van der Waals surface area contributed by atoms with Gasteiger partial charge in [-0.15, -0.1) is 0 Å². The van der Waals surface area contributed by atoms with Crippen LogP contribution in [0.1, 0.15) is 39.6 Å². The van der Waals surface area contributed by atoms with Crippen LogP contribution in [0.3, 0.4) is 0 Å². The minimum atomic E-state index is -0.108. The fourth-order valence-corrected chi connectivity index (χ4v) is 4.01. The van der Waals surface area contributed by atoms with Crippen LogP contribution in [0.2, 0.25) is 5.02 Å². The van der Waals surface area contributed by atoms with Gasteiger partial charge in [0.05, 0.1) is 10.6 Å². The molecular formula is C21H25ClN4O2S. The lowest BCUT2D eigenvalue weighted by atomic mass is 10.1. The van der Waals surface area contributed by atoms with Gasteiger partial charge in [-0.1, -0.05) is 30.5 Å². The second-order valence-electron chi connectivity index (χ2n) is 6.96. The first kappa shape index (κ1) is 21.5. The summed E-state index contributed by atoms with van der Waals surface area (Å²) in [7, 11) is 0. The number of aromatic nitrogens is 1. The summed E-state index contributed by atoms with van der Waals surface area (Å²) >= 11 is 7.60. The molecule has 0 bridgehead atoms. The van der Waals surface area contributed by atoms with Gasteiger partial charge in [-0.05, 0) is 43.2 Å². The maximum Gasteiger partial charge on any atom is 0.255 e. The number of carbonyl (C=O) groups is 2. The quantitative estimate of drug-likeness (QED) is 0.549. The van der Waals surface area contributed by atoms with Gasteiger partial charge in [-0.2, -0.15) is 0 Å². The van der Waals surface area contributed by atoms with E-state index in [4.69, 9.17) is 11.6 Å². The minimum absolute atomic E-state index is 0.00242. The van der Waals surface area contributed by atoms with Gasteiger partial charge in [0.1, 0.15) is 0 Å². The Labute approximate surface area is 180 Å². The van der Waals surface area contributed by atoms with Crippen molar-refractivity contribution in [2.45, 2.75) is 20.3 Å². The fraction of sp³-hybridized carbons (Fsp3) is 0.381. The van der Waals surface area contributed by atoms with E-state index >= 15 is 0 Å². The molecule has 2 aromatic rings. The molecule has 1 N–H and O–H groups in total. The largest absolute Gasteiger partial charge is 0.335 e. The van der Waals surface area contributed by atoms with Crippen LogP contribution in [0.5, 0.6) is 0 Å². The molecule has 29 heavy (non-hydrogen) atoms. The van der Waals surface area contributed by atoms with Gasteiger partial charge >= 0.3 is 0 Å². The zero-order valence-electron chi connectivity index (χ0n) is 16.7. The molecule has 8 heteroatoms. The number of hydrogen-bond acceptors (Lipinski definition) is 5. The summed E-state index contributed by atoms with van der Waals surface area (Å²) in [5.74, 6) is 0.925. The predicted octanol–water partition coefficient (Wildman–Crippen LogP) is 4.11. The molecule has 1 aromatic carbocycles. The van der Waals surface area contributed by atoms with Crippen molar-refractivity contribution in [1.82, 2.24) is 14.8 Å². The molecule has 0 spiro atoms. The average Bonchev–Trinajstić information content (AvgIpc) is 2.74. The molecule has 2 heterocycles. The Hall–Kier alpha value is -2.25. The fourth-order valence-electron chi connectivity index (χ4n) is 3.15. The first-order valence-electron chi connectivity index (χ1n) is 9.67. The van der Waals surface area contributed by atoms with E-state index in [0.717, 1.165) is 23.4 Å². The van der Waals surface area contributed by atoms with Crippen molar-refractivity contribution in [1.29, 1.82) is 0 Å². The van der Waals surface area contributed by atoms with Gasteiger partial charge in [0.2, 0.25) is 0 Å². The highest BCUT2D eigenvalue weighted by Crippen LogP contribution is 2.21. The predicted molar refractivity (Wildman–Crippen MR) is 119 cm³/mol. The summed E-state index contributed by atoms with van der Waals surface area (Å²) in [4.78, 5) is 33.0. The number of amides is 2. The average molecular weight is 433 g/mol. The molecular weight excluding hydrogens is 408 g/mol. The van der Waals surface area contributed by atoms with Crippen LogP contribution in [0, 0.1) is 6.92 Å². The smallest absolute Gasteiger partial charge is 0.255 e. The number of hydrogen-bond donors (Lipinski definition) is 1. The number of nitrogens with one attached hydrogen (secondary N) is 1. The first-order chi connectivity index (χ1) is 14.0. The van der Waals surface area contributed by atoms with E-state index in [9.17, 15) is 9.59 Å². The number of carbonyl (C=O) groups excluding carboxylic acids is 2. The van der Waals surface area contributed by atoms with Crippen molar-refractivity contribution >= 4 is 41.1 Å². The molecule has 2 amide bonds. The Bertz CT molecular complexity index is 885. The molecule has 0 aliphatic carbocycles. The molecule has 1 fully saturated rings. The third-order valence-corrected chi connectivity index (χ3v) is 5.95. The zero-order chi connectivity index (χ0) is 20.8. The second kappa shape index (κ2) is 9.98. The molecule has 1 aliphatic rings. The van der Waals surface area contributed by atoms with Crippen molar-refractivity contribution < 1.29 is 9.59 Å². The van der Waals surface area contributed by atoms with E-state index in [1.165, 1.54) is 12.4 Å². The van der Waals surface area contributed by atoms with Crippen LogP contribution in [0.4, 0.5) is 5.69 Å². The lowest BCUT2D eigenvalue weighted by molar-refractivity contribution is 0.0535. The monoisotopic (exact) mass is 432 g/mol. The zero-order valence-corrected chi connectivity index (χ0v) is 18.2. The summed E-state index contributed by atoms with van der Waals surface area (Å²) in [5.41, 5.74) is 3.22. The van der Waals surface area contributed by atoms with Crippen molar-refractivity contribution in [3.63, 3.8) is 0 Å². The SMILES string of the molecule is CCCSNc1ccc(C(=O)N2CCN(C(=O)c3cncc(Cl)c3)CC2)cc1C. The molecule has 1 saturated heterocycles. The minimum Gasteiger partial charge on any atom is -0.335 e. The molecule has 154 valence electrons. The van der Waals surface area contributed by atoms with Gasteiger partial charge in [0.15, 0.2) is 0 Å². The third-order valence-electron chi connectivity index (χ3n) is 4.77. The normalized spacial score (nSPS) is 14.0. The van der Waals surface area contributed by atoms with Crippen LogP contribution >= 0.6 is 23.5 Å². The molecule has 1 aromatic heterocycles. The topological polar surface area (TPSA) is 65.5 Å². The maximum atomic E-state index is 12.9. The van der Waals surface area contributed by atoms with Crippen LogP contribution in [0.15, 0.2) is 36.7 Å². The number of rotatable bonds is 6. The van der Waals surface area contributed by atoms with Crippen LogP contribution < -0.4 is 4.72 Å². The number of pyridine rings is 1. The maximum absolute atomic E-state index is 12.9. The van der Waals surface area contributed by atoms with E-state index in [0.29, 0.717) is 42.3 Å². The summed E-state index contributed by atoms with van der Waals surface area (Å²) < 4.78 is 3.33. The van der Waals surface area contributed by atoms with Crippen LogP contribution in [0.25, 0.3) is 0 Å². The van der Waals surface area contributed by atoms with Gasteiger partial charge in [-0.3, -0.25) is 14.6 Å². The highest BCUT2D eigenvalue weighted by atomic mass is 35.5. The summed E-state index contributed by atoms with van der Waals surface area (Å²) in [6, 6.07) is 7.36. The molecule has 0 atom stereocenters. The highest BCUT2D eigenvalue weighted by Gasteiger charge is 2.26. The lowest BCUT2D eigenvalue weighted by Crippen LogP contribution is -2.50. The number of benzene rings is 1. The van der Waals surface area contributed by atoms with Crippen molar-refractivity contribution in [3.05, 3.63) is 58.4 Å². The Balaban J connectivity index is 1.58. The van der Waals surface area contributed by atoms with Crippen LogP contribution in [-0.4, -0.2) is 58.5 Å². The Kier molecular flexibility index (Phi) is 7.39. The molecule has 0 saturated carbocycles.